The van der Waals surface area contributed by atoms with Gasteiger partial charge in [-0.2, -0.15) is 0 Å². The van der Waals surface area contributed by atoms with E-state index in [-0.39, 0.29) is 328 Å². The van der Waals surface area contributed by atoms with Gasteiger partial charge in [0, 0.05) is 17.1 Å². The summed E-state index contributed by atoms with van der Waals surface area (Å²) in [5.41, 5.74) is -3.11. The molecule has 0 aromatic heterocycles. The summed E-state index contributed by atoms with van der Waals surface area (Å²) < 4.78 is 0. The van der Waals surface area contributed by atoms with Gasteiger partial charge in [-0.05, 0) is 127 Å². The van der Waals surface area contributed by atoms with E-state index in [4.69, 9.17) is 290 Å². The second kappa shape index (κ2) is 26.5. The molecule has 0 amide bonds. The van der Waals surface area contributed by atoms with Crippen molar-refractivity contribution in [2.45, 2.75) is 0 Å². The topological polar surface area (TPSA) is 3.24 Å². The molecule has 0 saturated heterocycles. The molecule has 0 aliphatic heterocycles. The lowest BCUT2D eigenvalue weighted by Gasteiger charge is -2.35. The molecule has 13 rings (SSSR count). The van der Waals surface area contributed by atoms with E-state index in [2.05, 4.69) is 0 Å². The van der Waals surface area contributed by atoms with Crippen molar-refractivity contribution in [1.29, 1.82) is 0 Å². The predicted molar refractivity (Wildman–Crippen MR) is 487 cm³/mol. The third-order valence-corrected chi connectivity index (χ3v) is 20.1. The van der Waals surface area contributed by atoms with Crippen LogP contribution in [-0.4, -0.2) is 290 Å². The van der Waals surface area contributed by atoms with Gasteiger partial charge in [0.25, 0.3) is 0 Å². The first-order valence-electron chi connectivity index (χ1n) is 30.8. The smallest absolute Gasteiger partial charge is 0.116 e. The van der Waals surface area contributed by atoms with Crippen LogP contribution in [0.15, 0.2) is 36.4 Å². The van der Waals surface area contributed by atoms with Crippen LogP contribution in [0, 0.1) is 0 Å². The zero-order chi connectivity index (χ0) is 76.5. The van der Waals surface area contributed by atoms with Crippen LogP contribution in [0.25, 0.3) is 109 Å². The molecule has 38 heteroatoms. The monoisotopic (exact) mass is 1220 g/mol. The van der Waals surface area contributed by atoms with E-state index in [9.17, 15) is 0 Å². The first kappa shape index (κ1) is 75.8. The second-order valence-corrected chi connectivity index (χ2v) is 25.5. The summed E-state index contributed by atoms with van der Waals surface area (Å²) in [6.07, 6.45) is 0. The number of hydrogen-bond acceptors (Lipinski definition) is 1. The molecule has 0 heterocycles. The molecule has 74 radical (unpaired) electrons. The molecule has 0 unspecified atom stereocenters. The van der Waals surface area contributed by atoms with Crippen molar-refractivity contribution in [3.63, 3.8) is 0 Å². The predicted octanol–water partition coefficient (Wildman–Crippen LogP) is -25.9. The van der Waals surface area contributed by atoms with E-state index in [1.54, 1.807) is 0 Å². The summed E-state index contributed by atoms with van der Waals surface area (Å²) in [7, 11) is 253. The number of rotatable bonds is 7. The van der Waals surface area contributed by atoms with Crippen LogP contribution in [0.5, 0.6) is 0 Å². The van der Waals surface area contributed by atoms with Crippen LogP contribution in [-0.2, 0) is 0 Å². The van der Waals surface area contributed by atoms with Crippen LogP contribution >= 0.6 is 0 Å². The molecule has 0 aliphatic rings. The molecular formula is C66H6B37N. The van der Waals surface area contributed by atoms with Gasteiger partial charge >= 0.3 is 0 Å². The minimum absolute atomic E-state index is 0.0123. The molecule has 386 valence electrons. The Kier molecular flexibility index (Phi) is 19.3. The maximum Gasteiger partial charge on any atom is 0.116 e. The third kappa shape index (κ3) is 10.5. The molecule has 104 heavy (non-hydrogen) atoms. The molecule has 13 aromatic carbocycles. The zero-order valence-corrected chi connectivity index (χ0v) is 55.3. The molecule has 0 aliphatic carbocycles. The Balaban J connectivity index is 1.10. The molecule has 13 aromatic rings. The summed E-state index contributed by atoms with van der Waals surface area (Å²) in [5, 5.41) is 1.60. The maximum absolute atomic E-state index is 7.37. The number of hydrogen-bond donors (Lipinski definition) is 0. The highest BCUT2D eigenvalue weighted by molar-refractivity contribution is 6.79. The fraction of sp³-hybridized carbons (Fsp3) is 0. The molecular weight excluding hydrogens is 1210 g/mol. The lowest BCUT2D eigenvalue weighted by Crippen LogP contribution is -2.52. The molecule has 0 atom stereocenters. The highest BCUT2D eigenvalue weighted by Crippen LogP contribution is 2.37. The van der Waals surface area contributed by atoms with Gasteiger partial charge in [-0.1, -0.05) is 155 Å². The van der Waals surface area contributed by atoms with Crippen molar-refractivity contribution in [3.8, 4) is 44.5 Å². The fourth-order valence-corrected chi connectivity index (χ4v) is 14.6. The van der Waals surface area contributed by atoms with Crippen LogP contribution in [0.2, 0.25) is 0 Å². The summed E-state index contributed by atoms with van der Waals surface area (Å²) >= 11 is 0. The van der Waals surface area contributed by atoms with Gasteiger partial charge in [-0.3, -0.25) is 0 Å². The minimum atomic E-state index is -0.247. The Morgan fingerprint density at radius 1 is 0.125 bits per heavy atom. The maximum atomic E-state index is 7.37. The van der Waals surface area contributed by atoms with Gasteiger partial charge in [0.1, 0.15) is 290 Å². The van der Waals surface area contributed by atoms with Gasteiger partial charge in [-0.25, -0.2) is 0 Å². The molecule has 0 saturated carbocycles. The Morgan fingerprint density at radius 3 is 0.606 bits per heavy atom. The second-order valence-electron chi connectivity index (χ2n) is 25.5. The first-order chi connectivity index (χ1) is 48.6. The van der Waals surface area contributed by atoms with Gasteiger partial charge in [-0.15, -0.1) is 65.6 Å². The Hall–Kier alpha value is -6.38. The van der Waals surface area contributed by atoms with Crippen molar-refractivity contribution in [2.24, 2.45) is 0 Å². The molecule has 0 N–H and O–H groups in total. The first-order valence-corrected chi connectivity index (χ1v) is 30.8. The van der Waals surface area contributed by atoms with Crippen molar-refractivity contribution in [3.05, 3.63) is 36.4 Å². The van der Waals surface area contributed by atoms with Gasteiger partial charge in [0.2, 0.25) is 0 Å². The number of anilines is 3. The SMILES string of the molecule is [B]c1cc(N(c2cc([B])c(-c3c([B])c4c([B])c([B])c([B])c([B])c4c4c([B])c([B])c([B])c([B])c34)cc2[B])c2cc([B])c(-c3c([B])cc(-c4c([B])c5c([B])c([B])c([B])c([B])c5c5c([B])c([B])c([B])c([B])c45)c([B])c3[B])c([B])c2[B])c([B])cc1-c1c([B])c2c([B])c([B])c([B])c([B])c2c2c([B])c([B])c([B])c([B])c12. The largest absolute Gasteiger partial charge is 0.312 e. The molecule has 0 bridgehead atoms. The van der Waals surface area contributed by atoms with Gasteiger partial charge in [0.05, 0.1) is 0 Å². The van der Waals surface area contributed by atoms with E-state index in [0.29, 0.717) is 0 Å². The highest BCUT2D eigenvalue weighted by Gasteiger charge is 2.31. The highest BCUT2D eigenvalue weighted by atomic mass is 15.1. The van der Waals surface area contributed by atoms with E-state index in [0.717, 1.165) is 0 Å². The molecule has 0 spiro atoms. The summed E-state index contributed by atoms with van der Waals surface area (Å²) in [4.78, 5) is 1.45. The third-order valence-electron chi connectivity index (χ3n) is 20.1. The summed E-state index contributed by atoms with van der Waals surface area (Å²) in [5.74, 6) is 0. The van der Waals surface area contributed by atoms with Crippen LogP contribution in [0.3, 0.4) is 0 Å². The lowest BCUT2D eigenvalue weighted by atomic mass is 9.57. The van der Waals surface area contributed by atoms with E-state index >= 15 is 0 Å². The van der Waals surface area contributed by atoms with Crippen molar-refractivity contribution < 1.29 is 0 Å². The fourth-order valence-electron chi connectivity index (χ4n) is 14.6. The Morgan fingerprint density at radius 2 is 0.327 bits per heavy atom. The van der Waals surface area contributed by atoms with Crippen molar-refractivity contribution >= 4 is 574 Å². The average molecular weight is 1210 g/mol. The lowest BCUT2D eigenvalue weighted by molar-refractivity contribution is 1.33. The summed E-state index contributed by atoms with van der Waals surface area (Å²) in [6, 6.07) is 8.64. The standard InChI is InChI=1S/C66H6B37N/c67-10-4-16(12(69)1-7(10)19-24-27(46(83)58(95)55(92)43(24)80)30-33(38(19)75)52(89)64(101)61(98)49(30)86)104(17-5-11(68)8(2-13(17)70)20-25-28(47(84)59(96)56(93)44(25)81)31-34(39(20)76)53(90)65(102)62(99)50(31)87)18-6-15(72)23(42(79)37(18)74)22-14(71)3-9(36(73)41(22)78)21-26-29(48(85)60(97)57(94)45(26)82)32-35(40(21)77)54(91)66(103)63(100)51(32)88/h1-6H. The van der Waals surface area contributed by atoms with Gasteiger partial charge < -0.3 is 4.90 Å². The molecule has 0 fully saturated rings. The molecule has 1 nitrogen and oxygen atoms in total. The Bertz CT molecular complexity index is 6040. The van der Waals surface area contributed by atoms with E-state index in [1.165, 1.54) is 41.3 Å². The van der Waals surface area contributed by atoms with Crippen LogP contribution < -0.4 is 207 Å². The van der Waals surface area contributed by atoms with Crippen molar-refractivity contribution in [1.82, 2.24) is 0 Å². The zero-order valence-electron chi connectivity index (χ0n) is 55.3. The van der Waals surface area contributed by atoms with E-state index < -0.39 is 0 Å². The van der Waals surface area contributed by atoms with Gasteiger partial charge in [0.15, 0.2) is 0 Å². The Labute approximate surface area is 654 Å². The number of nitrogens with zero attached hydrogens (tertiary/aromatic N) is 1. The number of fused-ring (bicyclic) bond motifs is 9. The number of benzene rings is 13. The summed E-state index contributed by atoms with van der Waals surface area (Å²) in [6.45, 7) is 0. The van der Waals surface area contributed by atoms with E-state index in [1.807, 2.05) is 0 Å². The normalized spacial score (nSPS) is 11.7. The average Bonchev–Trinajstić information content (AvgIpc) is 0.715. The van der Waals surface area contributed by atoms with Crippen molar-refractivity contribution in [2.75, 3.05) is 4.90 Å². The van der Waals surface area contributed by atoms with Crippen LogP contribution in [0.1, 0.15) is 0 Å². The minimum Gasteiger partial charge on any atom is -0.312 e. The quantitative estimate of drug-likeness (QED) is 0.114. The van der Waals surface area contributed by atoms with Crippen LogP contribution in [0.4, 0.5) is 17.1 Å².